The van der Waals surface area contributed by atoms with Crippen molar-refractivity contribution in [1.29, 1.82) is 0 Å². The van der Waals surface area contributed by atoms with Crippen LogP contribution in [0.15, 0.2) is 0 Å². The fraction of sp³-hybridized carbons (Fsp3) is 0.875. The molecular weight excluding hydrogens is 140 g/mol. The molecule has 0 aliphatic rings. The summed E-state index contributed by atoms with van der Waals surface area (Å²) in [7, 11) is 0. The van der Waals surface area contributed by atoms with Crippen molar-refractivity contribution in [1.82, 2.24) is 4.90 Å². The minimum absolute atomic E-state index is 0.157. The van der Waals surface area contributed by atoms with Crippen molar-refractivity contribution in [2.45, 2.75) is 26.7 Å². The van der Waals surface area contributed by atoms with Gasteiger partial charge in [0.1, 0.15) is 0 Å². The van der Waals surface area contributed by atoms with Gasteiger partial charge in [-0.2, -0.15) is 0 Å². The van der Waals surface area contributed by atoms with E-state index in [2.05, 4.69) is 0 Å². The molecule has 11 heavy (non-hydrogen) atoms. The van der Waals surface area contributed by atoms with Crippen LogP contribution in [0.2, 0.25) is 0 Å². The Morgan fingerprint density at radius 2 is 2.09 bits per heavy atom. The molecule has 2 N–H and O–H groups in total. The SMILES string of the molecule is CCN(CCCCN)C(C)=O. The molecule has 0 unspecified atom stereocenters. The topological polar surface area (TPSA) is 46.3 Å². The number of nitrogens with two attached hydrogens (primary N) is 1. The van der Waals surface area contributed by atoms with Gasteiger partial charge in [0.2, 0.25) is 5.91 Å². The van der Waals surface area contributed by atoms with E-state index in [9.17, 15) is 4.79 Å². The summed E-state index contributed by atoms with van der Waals surface area (Å²) in [6, 6.07) is 0. The lowest BCUT2D eigenvalue weighted by Gasteiger charge is -2.18. The number of unbranched alkanes of at least 4 members (excludes halogenated alkanes) is 1. The van der Waals surface area contributed by atoms with Crippen molar-refractivity contribution in [3.05, 3.63) is 0 Å². The number of carbonyl (C=O) groups excluding carboxylic acids is 1. The first-order chi connectivity index (χ1) is 5.22. The van der Waals surface area contributed by atoms with Gasteiger partial charge in [0.25, 0.3) is 0 Å². The third-order valence-corrected chi connectivity index (χ3v) is 1.71. The van der Waals surface area contributed by atoms with Crippen molar-refractivity contribution < 1.29 is 4.79 Å². The van der Waals surface area contributed by atoms with Crippen LogP contribution < -0.4 is 5.73 Å². The van der Waals surface area contributed by atoms with Crippen molar-refractivity contribution in [3.8, 4) is 0 Å². The maximum atomic E-state index is 10.9. The molecule has 0 atom stereocenters. The van der Waals surface area contributed by atoms with E-state index in [0.29, 0.717) is 0 Å². The van der Waals surface area contributed by atoms with Gasteiger partial charge in [-0.1, -0.05) is 0 Å². The molecule has 0 spiro atoms. The Kier molecular flexibility index (Phi) is 5.84. The van der Waals surface area contributed by atoms with Crippen LogP contribution >= 0.6 is 0 Å². The van der Waals surface area contributed by atoms with Crippen LogP contribution in [0.1, 0.15) is 26.7 Å². The highest BCUT2D eigenvalue weighted by Gasteiger charge is 2.03. The van der Waals surface area contributed by atoms with Gasteiger partial charge < -0.3 is 10.6 Å². The molecule has 0 rings (SSSR count). The predicted molar refractivity (Wildman–Crippen MR) is 46.2 cm³/mol. The lowest BCUT2D eigenvalue weighted by molar-refractivity contribution is -0.128. The summed E-state index contributed by atoms with van der Waals surface area (Å²) in [5, 5.41) is 0. The summed E-state index contributed by atoms with van der Waals surface area (Å²) in [6.07, 6.45) is 2.02. The third-order valence-electron chi connectivity index (χ3n) is 1.71. The molecule has 3 heteroatoms. The van der Waals surface area contributed by atoms with Crippen LogP contribution in [0.5, 0.6) is 0 Å². The minimum Gasteiger partial charge on any atom is -0.343 e. The zero-order chi connectivity index (χ0) is 8.69. The average Bonchev–Trinajstić information content (AvgIpc) is 1.97. The maximum Gasteiger partial charge on any atom is 0.219 e. The van der Waals surface area contributed by atoms with Crippen LogP contribution in [0.3, 0.4) is 0 Å². The molecule has 66 valence electrons. The lowest BCUT2D eigenvalue weighted by Crippen LogP contribution is -2.29. The first-order valence-electron chi connectivity index (χ1n) is 4.18. The van der Waals surface area contributed by atoms with E-state index in [-0.39, 0.29) is 5.91 Å². The second-order valence-electron chi connectivity index (χ2n) is 2.59. The van der Waals surface area contributed by atoms with Crippen molar-refractivity contribution in [2.24, 2.45) is 5.73 Å². The monoisotopic (exact) mass is 158 g/mol. The second kappa shape index (κ2) is 6.16. The maximum absolute atomic E-state index is 10.9. The number of carbonyl (C=O) groups is 1. The third kappa shape index (κ3) is 4.79. The van der Waals surface area contributed by atoms with E-state index in [4.69, 9.17) is 5.73 Å². The minimum atomic E-state index is 0.157. The van der Waals surface area contributed by atoms with Crippen molar-refractivity contribution >= 4 is 5.91 Å². The molecule has 0 saturated carbocycles. The number of amides is 1. The Labute approximate surface area is 68.6 Å². The van der Waals surface area contributed by atoms with Crippen molar-refractivity contribution in [3.63, 3.8) is 0 Å². The Morgan fingerprint density at radius 1 is 1.45 bits per heavy atom. The summed E-state index contributed by atoms with van der Waals surface area (Å²) in [5.41, 5.74) is 5.33. The predicted octanol–water partition coefficient (Wildman–Crippen LogP) is 0.594. The molecular formula is C8H18N2O. The molecule has 0 aromatic carbocycles. The number of rotatable bonds is 5. The highest BCUT2D eigenvalue weighted by atomic mass is 16.2. The smallest absolute Gasteiger partial charge is 0.219 e. The molecule has 1 amide bonds. The number of nitrogens with zero attached hydrogens (tertiary/aromatic N) is 1. The van der Waals surface area contributed by atoms with Gasteiger partial charge in [-0.05, 0) is 26.3 Å². The van der Waals surface area contributed by atoms with Gasteiger partial charge in [-0.3, -0.25) is 4.79 Å². The summed E-state index contributed by atoms with van der Waals surface area (Å²) in [6.45, 7) is 5.97. The van der Waals surface area contributed by atoms with E-state index in [1.807, 2.05) is 11.8 Å². The molecule has 3 nitrogen and oxygen atoms in total. The van der Waals surface area contributed by atoms with Gasteiger partial charge in [-0.25, -0.2) is 0 Å². The zero-order valence-electron chi connectivity index (χ0n) is 7.47. The Balaban J connectivity index is 3.44. The van der Waals surface area contributed by atoms with Crippen LogP contribution in [0.4, 0.5) is 0 Å². The normalized spacial score (nSPS) is 9.73. The lowest BCUT2D eigenvalue weighted by atomic mass is 10.3. The van der Waals surface area contributed by atoms with E-state index >= 15 is 0 Å². The van der Waals surface area contributed by atoms with E-state index in [1.165, 1.54) is 0 Å². The molecule has 0 aliphatic carbocycles. The van der Waals surface area contributed by atoms with Gasteiger partial charge in [0.15, 0.2) is 0 Å². The van der Waals surface area contributed by atoms with Crippen LogP contribution in [0.25, 0.3) is 0 Å². The fourth-order valence-electron chi connectivity index (χ4n) is 0.985. The van der Waals surface area contributed by atoms with E-state index in [0.717, 1.165) is 32.5 Å². The summed E-state index contributed by atoms with van der Waals surface area (Å²) in [5.74, 6) is 0.157. The summed E-state index contributed by atoms with van der Waals surface area (Å²) < 4.78 is 0. The molecule has 0 saturated heterocycles. The zero-order valence-corrected chi connectivity index (χ0v) is 7.47. The summed E-state index contributed by atoms with van der Waals surface area (Å²) >= 11 is 0. The highest BCUT2D eigenvalue weighted by Crippen LogP contribution is 1.94. The van der Waals surface area contributed by atoms with Crippen LogP contribution in [0, 0.1) is 0 Å². The number of hydrogen-bond donors (Lipinski definition) is 1. The highest BCUT2D eigenvalue weighted by molar-refractivity contribution is 5.73. The Hall–Kier alpha value is -0.570. The average molecular weight is 158 g/mol. The fourth-order valence-corrected chi connectivity index (χ4v) is 0.985. The molecule has 0 fully saturated rings. The molecule has 0 bridgehead atoms. The first kappa shape index (κ1) is 10.4. The molecule has 0 aromatic heterocycles. The molecule has 0 heterocycles. The van der Waals surface area contributed by atoms with Crippen LogP contribution in [-0.2, 0) is 4.79 Å². The quantitative estimate of drug-likeness (QED) is 0.595. The standard InChI is InChI=1S/C8H18N2O/c1-3-10(8(2)11)7-5-4-6-9/h3-7,9H2,1-2H3. The molecule has 0 radical (unpaired) electrons. The first-order valence-corrected chi connectivity index (χ1v) is 4.18. The van der Waals surface area contributed by atoms with Gasteiger partial charge in [0, 0.05) is 20.0 Å². The molecule has 0 aromatic rings. The Bertz CT molecular complexity index is 115. The Morgan fingerprint density at radius 3 is 2.45 bits per heavy atom. The second-order valence-corrected chi connectivity index (χ2v) is 2.59. The van der Waals surface area contributed by atoms with Crippen molar-refractivity contribution in [2.75, 3.05) is 19.6 Å². The van der Waals surface area contributed by atoms with Gasteiger partial charge in [0.05, 0.1) is 0 Å². The van der Waals surface area contributed by atoms with E-state index in [1.54, 1.807) is 6.92 Å². The number of hydrogen-bond acceptors (Lipinski definition) is 2. The largest absolute Gasteiger partial charge is 0.343 e. The van der Waals surface area contributed by atoms with E-state index < -0.39 is 0 Å². The van der Waals surface area contributed by atoms with Gasteiger partial charge in [-0.15, -0.1) is 0 Å². The van der Waals surface area contributed by atoms with Gasteiger partial charge >= 0.3 is 0 Å². The molecule has 0 aliphatic heterocycles. The van der Waals surface area contributed by atoms with Crippen LogP contribution in [-0.4, -0.2) is 30.4 Å². The summed E-state index contributed by atoms with van der Waals surface area (Å²) in [4.78, 5) is 12.7.